The first kappa shape index (κ1) is 16.0. The number of aliphatic imine (C=N–C) groups is 1. The second-order valence-electron chi connectivity index (χ2n) is 5.13. The molecule has 0 unspecified atom stereocenters. The van der Waals surface area contributed by atoms with Crippen molar-refractivity contribution in [1.29, 1.82) is 5.26 Å². The number of carbonyl (C=O) groups excluding carboxylic acids is 1. The molecule has 1 aliphatic rings. The molecule has 1 heterocycles. The summed E-state index contributed by atoms with van der Waals surface area (Å²) < 4.78 is 0. The fourth-order valence-corrected chi connectivity index (χ4v) is 2.46. The normalized spacial score (nSPS) is 14.1. The van der Waals surface area contributed by atoms with Crippen LogP contribution in [0.25, 0.3) is 0 Å². The summed E-state index contributed by atoms with van der Waals surface area (Å²) >= 11 is 0. The van der Waals surface area contributed by atoms with E-state index in [-0.39, 0.29) is 12.5 Å². The lowest BCUT2D eigenvalue weighted by molar-refractivity contribution is -0.124. The monoisotopic (exact) mass is 299 g/mol. The molecule has 0 saturated heterocycles. The van der Waals surface area contributed by atoms with Crippen molar-refractivity contribution in [2.24, 2.45) is 4.99 Å². The van der Waals surface area contributed by atoms with Crippen LogP contribution in [0.15, 0.2) is 35.3 Å². The molecule has 1 aromatic rings. The van der Waals surface area contributed by atoms with Crippen molar-refractivity contribution in [2.75, 3.05) is 26.2 Å². The van der Waals surface area contributed by atoms with Crippen molar-refractivity contribution < 1.29 is 4.79 Å². The topological polar surface area (TPSA) is 71.7 Å². The van der Waals surface area contributed by atoms with Gasteiger partial charge in [-0.2, -0.15) is 5.26 Å². The first-order valence-electron chi connectivity index (χ1n) is 7.50. The van der Waals surface area contributed by atoms with Crippen LogP contribution in [0.4, 0.5) is 0 Å². The van der Waals surface area contributed by atoms with Crippen LogP contribution < -0.4 is 5.32 Å². The van der Waals surface area contributed by atoms with E-state index in [0.29, 0.717) is 12.5 Å². The number of amides is 1. The number of benzene rings is 1. The van der Waals surface area contributed by atoms with E-state index in [0.717, 1.165) is 26.1 Å². The highest BCUT2D eigenvalue weighted by molar-refractivity contribution is 6.03. The van der Waals surface area contributed by atoms with E-state index in [1.165, 1.54) is 5.56 Å². The van der Waals surface area contributed by atoms with Gasteiger partial charge in [0.2, 0.25) is 5.96 Å². The molecule has 0 aromatic heterocycles. The Labute approximate surface area is 131 Å². The van der Waals surface area contributed by atoms with Gasteiger partial charge in [-0.1, -0.05) is 37.3 Å². The van der Waals surface area contributed by atoms with Crippen LogP contribution in [0.1, 0.15) is 18.9 Å². The SMILES string of the molecule is CCN(CCCN1C(=O)CN=C1NC#N)Cc1ccccc1. The lowest BCUT2D eigenvalue weighted by atomic mass is 10.2. The molecule has 1 N–H and O–H groups in total. The highest BCUT2D eigenvalue weighted by atomic mass is 16.2. The van der Waals surface area contributed by atoms with Crippen LogP contribution in [-0.2, 0) is 11.3 Å². The summed E-state index contributed by atoms with van der Waals surface area (Å²) in [5.74, 6) is 0.322. The van der Waals surface area contributed by atoms with E-state index in [2.05, 4.69) is 34.3 Å². The predicted molar refractivity (Wildman–Crippen MR) is 84.8 cm³/mol. The highest BCUT2D eigenvalue weighted by Gasteiger charge is 2.24. The molecule has 22 heavy (non-hydrogen) atoms. The quantitative estimate of drug-likeness (QED) is 0.606. The van der Waals surface area contributed by atoms with Crippen molar-refractivity contribution in [3.63, 3.8) is 0 Å². The smallest absolute Gasteiger partial charge is 0.251 e. The molecule has 0 atom stereocenters. The van der Waals surface area contributed by atoms with Crippen LogP contribution in [-0.4, -0.2) is 47.8 Å². The van der Waals surface area contributed by atoms with Gasteiger partial charge in [0.15, 0.2) is 6.19 Å². The standard InChI is InChI=1S/C16H21N5O/c1-2-20(12-14-7-4-3-5-8-14)9-6-10-21-15(22)11-18-16(21)19-13-17/h3-5,7-8H,2,6,9-12H2,1H3,(H,18,19). The van der Waals surface area contributed by atoms with E-state index in [1.54, 1.807) is 4.90 Å². The summed E-state index contributed by atoms with van der Waals surface area (Å²) in [6.45, 7) is 5.61. The number of rotatable bonds is 7. The fraction of sp³-hybridized carbons (Fsp3) is 0.438. The first-order valence-corrected chi connectivity index (χ1v) is 7.50. The van der Waals surface area contributed by atoms with E-state index in [4.69, 9.17) is 5.26 Å². The second-order valence-corrected chi connectivity index (χ2v) is 5.13. The average Bonchev–Trinajstić information content (AvgIpc) is 2.88. The van der Waals surface area contributed by atoms with E-state index < -0.39 is 0 Å². The summed E-state index contributed by atoms with van der Waals surface area (Å²) in [7, 11) is 0. The Hall–Kier alpha value is -2.39. The molecule has 1 aliphatic heterocycles. The van der Waals surface area contributed by atoms with Crippen LogP contribution in [0.2, 0.25) is 0 Å². The van der Waals surface area contributed by atoms with Gasteiger partial charge in [-0.05, 0) is 18.5 Å². The van der Waals surface area contributed by atoms with Crippen LogP contribution in [0, 0.1) is 11.5 Å². The number of nitriles is 1. The van der Waals surface area contributed by atoms with Gasteiger partial charge in [-0.3, -0.25) is 19.9 Å². The molecule has 0 aliphatic carbocycles. The minimum atomic E-state index is -0.0520. The Bertz CT molecular complexity index is 564. The number of nitrogens with one attached hydrogen (secondary N) is 1. The Kier molecular flexibility index (Phi) is 5.92. The summed E-state index contributed by atoms with van der Waals surface area (Å²) in [5, 5.41) is 11.1. The van der Waals surface area contributed by atoms with Crippen molar-refractivity contribution in [1.82, 2.24) is 15.1 Å². The number of nitrogens with zero attached hydrogens (tertiary/aromatic N) is 4. The molecule has 6 heteroatoms. The van der Waals surface area contributed by atoms with Crippen LogP contribution in [0.3, 0.4) is 0 Å². The molecule has 0 saturated carbocycles. The molecule has 0 bridgehead atoms. The summed E-state index contributed by atoms with van der Waals surface area (Å²) in [5.41, 5.74) is 1.29. The Balaban J connectivity index is 1.80. The zero-order chi connectivity index (χ0) is 15.8. The first-order chi connectivity index (χ1) is 10.7. The molecular formula is C16H21N5O. The minimum Gasteiger partial charge on any atom is -0.299 e. The van der Waals surface area contributed by atoms with Gasteiger partial charge in [0.05, 0.1) is 0 Å². The highest BCUT2D eigenvalue weighted by Crippen LogP contribution is 2.07. The van der Waals surface area contributed by atoms with E-state index in [9.17, 15) is 4.79 Å². The molecule has 6 nitrogen and oxygen atoms in total. The van der Waals surface area contributed by atoms with Crippen molar-refractivity contribution in [2.45, 2.75) is 19.9 Å². The Morgan fingerprint density at radius 1 is 1.41 bits per heavy atom. The largest absolute Gasteiger partial charge is 0.299 e. The van der Waals surface area contributed by atoms with Crippen molar-refractivity contribution in [3.8, 4) is 6.19 Å². The maximum absolute atomic E-state index is 11.7. The molecule has 116 valence electrons. The maximum atomic E-state index is 11.7. The third kappa shape index (κ3) is 4.30. The minimum absolute atomic E-state index is 0.0520. The third-order valence-electron chi connectivity index (χ3n) is 3.64. The molecule has 0 spiro atoms. The van der Waals surface area contributed by atoms with Gasteiger partial charge in [0.25, 0.3) is 5.91 Å². The third-order valence-corrected chi connectivity index (χ3v) is 3.64. The summed E-state index contributed by atoms with van der Waals surface area (Å²) in [6.07, 6.45) is 2.66. The van der Waals surface area contributed by atoms with Crippen LogP contribution >= 0.6 is 0 Å². The maximum Gasteiger partial charge on any atom is 0.251 e. The van der Waals surface area contributed by atoms with Crippen molar-refractivity contribution in [3.05, 3.63) is 35.9 Å². The lowest BCUT2D eigenvalue weighted by Crippen LogP contribution is -2.40. The van der Waals surface area contributed by atoms with Gasteiger partial charge in [0.1, 0.15) is 6.54 Å². The van der Waals surface area contributed by atoms with Crippen LogP contribution in [0.5, 0.6) is 0 Å². The molecular weight excluding hydrogens is 278 g/mol. The number of guanidine groups is 1. The summed E-state index contributed by atoms with van der Waals surface area (Å²) in [4.78, 5) is 19.7. The molecule has 1 aromatic carbocycles. The molecule has 0 fully saturated rings. The zero-order valence-corrected chi connectivity index (χ0v) is 12.8. The number of hydrogen-bond donors (Lipinski definition) is 1. The Morgan fingerprint density at radius 3 is 2.86 bits per heavy atom. The number of carbonyl (C=O) groups is 1. The number of hydrogen-bond acceptors (Lipinski definition) is 5. The molecule has 2 rings (SSSR count). The summed E-state index contributed by atoms with van der Waals surface area (Å²) in [6, 6.07) is 10.3. The molecule has 0 radical (unpaired) electrons. The van der Waals surface area contributed by atoms with E-state index >= 15 is 0 Å². The molecule has 1 amide bonds. The van der Waals surface area contributed by atoms with Gasteiger partial charge in [-0.25, -0.2) is 4.99 Å². The average molecular weight is 299 g/mol. The van der Waals surface area contributed by atoms with Crippen molar-refractivity contribution >= 4 is 11.9 Å². The van der Waals surface area contributed by atoms with E-state index in [1.807, 2.05) is 24.4 Å². The van der Waals surface area contributed by atoms with Gasteiger partial charge >= 0.3 is 0 Å². The van der Waals surface area contributed by atoms with Gasteiger partial charge in [-0.15, -0.1) is 0 Å². The lowest BCUT2D eigenvalue weighted by Gasteiger charge is -2.22. The second kappa shape index (κ2) is 8.15. The van der Waals surface area contributed by atoms with Gasteiger partial charge < -0.3 is 0 Å². The zero-order valence-electron chi connectivity index (χ0n) is 12.8. The fourth-order valence-electron chi connectivity index (χ4n) is 2.46. The van der Waals surface area contributed by atoms with Gasteiger partial charge in [0, 0.05) is 19.6 Å². The predicted octanol–water partition coefficient (Wildman–Crippen LogP) is 1.17. The Morgan fingerprint density at radius 2 is 2.18 bits per heavy atom.